The summed E-state index contributed by atoms with van der Waals surface area (Å²) in [4.78, 5) is 18.7. The van der Waals surface area contributed by atoms with Gasteiger partial charge in [0.05, 0.1) is 11.7 Å². The number of amides is 1. The van der Waals surface area contributed by atoms with E-state index in [2.05, 4.69) is 42.7 Å². The van der Waals surface area contributed by atoms with E-state index in [4.69, 9.17) is 4.98 Å². The standard InChI is InChI=1S/C43H41F7N4O2/c1-6-41(5)16-13-23(2)31-20-25(7-11-32(31)41)29-9-8-28(14-15-40(3,4)56)51-37(29)34(19-24-17-26(44)21-27(45)18-24)52-35(55)22-54-39-36(38(53-54)43(48,49)50)30-10-12-33(30)42(39,46)47/h7-9,11,17-18,20-21,30,33-34,56H,2,6,10,12-13,16,19,22H2,1,3-5H3,(H,52,55). The van der Waals surface area contributed by atoms with Gasteiger partial charge in [-0.15, -0.1) is 0 Å². The molecule has 0 saturated heterocycles. The van der Waals surface area contributed by atoms with Gasteiger partial charge in [0.1, 0.15) is 35.2 Å². The zero-order valence-electron chi connectivity index (χ0n) is 31.4. The van der Waals surface area contributed by atoms with Crippen molar-refractivity contribution >= 4 is 11.5 Å². The molecule has 3 aliphatic rings. The Kier molecular flexibility index (Phi) is 9.75. The van der Waals surface area contributed by atoms with Gasteiger partial charge in [0.15, 0.2) is 5.69 Å². The number of halogens is 7. The van der Waals surface area contributed by atoms with Crippen molar-refractivity contribution < 1.29 is 40.6 Å². The highest BCUT2D eigenvalue weighted by Crippen LogP contribution is 2.64. The lowest BCUT2D eigenvalue weighted by Gasteiger charge is -2.36. The average Bonchev–Trinajstić information content (AvgIpc) is 3.53. The van der Waals surface area contributed by atoms with Gasteiger partial charge >= 0.3 is 6.18 Å². The van der Waals surface area contributed by atoms with Crippen LogP contribution in [0.15, 0.2) is 55.1 Å². The number of allylic oxidation sites excluding steroid dienone is 1. The van der Waals surface area contributed by atoms with E-state index >= 15 is 8.78 Å². The molecule has 0 spiro atoms. The lowest BCUT2D eigenvalue weighted by Crippen LogP contribution is -2.36. The summed E-state index contributed by atoms with van der Waals surface area (Å²) in [5.74, 6) is -3.24. The van der Waals surface area contributed by atoms with E-state index in [1.165, 1.54) is 13.8 Å². The highest BCUT2D eigenvalue weighted by Gasteiger charge is 2.63. The van der Waals surface area contributed by atoms with E-state index in [1.807, 2.05) is 18.2 Å². The maximum Gasteiger partial charge on any atom is 0.435 e. The molecule has 1 saturated carbocycles. The molecule has 0 radical (unpaired) electrons. The van der Waals surface area contributed by atoms with Crippen molar-refractivity contribution in [3.05, 3.63) is 112 Å². The highest BCUT2D eigenvalue weighted by molar-refractivity contribution is 5.79. The summed E-state index contributed by atoms with van der Waals surface area (Å²) in [6.45, 7) is 10.6. The largest absolute Gasteiger partial charge is 0.435 e. The van der Waals surface area contributed by atoms with Crippen LogP contribution in [0.3, 0.4) is 0 Å². The number of nitrogens with zero attached hydrogens (tertiary/aromatic N) is 3. The first kappa shape index (κ1) is 39.3. The van der Waals surface area contributed by atoms with Gasteiger partial charge in [0.2, 0.25) is 5.91 Å². The van der Waals surface area contributed by atoms with Crippen molar-refractivity contribution in [2.75, 3.05) is 0 Å². The minimum Gasteiger partial charge on any atom is -0.378 e. The zero-order valence-corrected chi connectivity index (χ0v) is 31.4. The van der Waals surface area contributed by atoms with Gasteiger partial charge in [0.25, 0.3) is 5.92 Å². The van der Waals surface area contributed by atoms with E-state index in [-0.39, 0.29) is 41.6 Å². The van der Waals surface area contributed by atoms with E-state index in [9.17, 15) is 31.9 Å². The van der Waals surface area contributed by atoms with Crippen LogP contribution in [0.4, 0.5) is 30.7 Å². The molecule has 6 nitrogen and oxygen atoms in total. The number of carbonyl (C=O) groups is 1. The molecule has 294 valence electrons. The summed E-state index contributed by atoms with van der Waals surface area (Å²) in [5, 5.41) is 16.6. The van der Waals surface area contributed by atoms with Crippen molar-refractivity contribution in [2.45, 2.75) is 108 Å². The monoisotopic (exact) mass is 778 g/mol. The molecule has 4 unspecified atom stereocenters. The second kappa shape index (κ2) is 13.9. The molecule has 2 heterocycles. The van der Waals surface area contributed by atoms with E-state index < -0.39 is 76.6 Å². The SMILES string of the molecule is C=C1CCC(C)(CC)c2ccc(-c3ccc(C#CC(C)(C)O)nc3C(Cc3cc(F)cc(F)c3)NC(=O)Cn3nc(C(F)(F)F)c4c3C(F)(F)C3CCC43)cc21. The molecule has 0 bridgehead atoms. The number of benzene rings is 2. The minimum absolute atomic E-state index is 0.0387. The van der Waals surface area contributed by atoms with Gasteiger partial charge in [-0.2, -0.15) is 27.1 Å². The third-order valence-corrected chi connectivity index (χ3v) is 11.5. The molecule has 0 aliphatic heterocycles. The molecule has 56 heavy (non-hydrogen) atoms. The predicted octanol–water partition coefficient (Wildman–Crippen LogP) is 9.54. The van der Waals surface area contributed by atoms with Gasteiger partial charge in [-0.3, -0.25) is 9.48 Å². The Morgan fingerprint density at radius 1 is 1.07 bits per heavy atom. The molecule has 4 aromatic rings. The summed E-state index contributed by atoms with van der Waals surface area (Å²) in [6, 6.07) is 10.8. The van der Waals surface area contributed by atoms with Gasteiger partial charge in [-0.05, 0) is 128 Å². The van der Waals surface area contributed by atoms with Crippen molar-refractivity contribution in [2.24, 2.45) is 5.92 Å². The summed E-state index contributed by atoms with van der Waals surface area (Å²) < 4.78 is 103. The average molecular weight is 779 g/mol. The lowest BCUT2D eigenvalue weighted by atomic mass is 9.68. The second-order valence-corrected chi connectivity index (χ2v) is 16.0. The van der Waals surface area contributed by atoms with E-state index in [0.29, 0.717) is 21.9 Å². The lowest BCUT2D eigenvalue weighted by molar-refractivity contribution is -0.144. The first-order valence-electron chi connectivity index (χ1n) is 18.6. The van der Waals surface area contributed by atoms with Crippen LogP contribution in [-0.2, 0) is 35.3 Å². The summed E-state index contributed by atoms with van der Waals surface area (Å²) in [6.07, 6.45) is -2.52. The predicted molar refractivity (Wildman–Crippen MR) is 196 cm³/mol. The Hall–Kier alpha value is -4.96. The van der Waals surface area contributed by atoms with Crippen molar-refractivity contribution in [1.29, 1.82) is 0 Å². The van der Waals surface area contributed by atoms with E-state index in [1.54, 1.807) is 12.1 Å². The van der Waals surface area contributed by atoms with Crippen LogP contribution in [0.25, 0.3) is 16.7 Å². The van der Waals surface area contributed by atoms with Crippen LogP contribution >= 0.6 is 0 Å². The molecular weight excluding hydrogens is 737 g/mol. The summed E-state index contributed by atoms with van der Waals surface area (Å²) >= 11 is 0. The number of hydrogen-bond donors (Lipinski definition) is 2. The van der Waals surface area contributed by atoms with E-state index in [0.717, 1.165) is 48.1 Å². The Labute approximate surface area is 320 Å². The number of rotatable bonds is 8. The van der Waals surface area contributed by atoms with Crippen molar-refractivity contribution in [3.8, 4) is 23.0 Å². The number of aromatic nitrogens is 3. The van der Waals surface area contributed by atoms with Crippen molar-refractivity contribution in [3.63, 3.8) is 0 Å². The Bertz CT molecular complexity index is 2290. The summed E-state index contributed by atoms with van der Waals surface area (Å²) in [5.41, 5.74) is 0.175. The van der Waals surface area contributed by atoms with Crippen LogP contribution in [0.2, 0.25) is 0 Å². The molecule has 13 heteroatoms. The zero-order chi connectivity index (χ0) is 40.5. The van der Waals surface area contributed by atoms with Crippen LogP contribution in [0.5, 0.6) is 0 Å². The Morgan fingerprint density at radius 2 is 1.79 bits per heavy atom. The first-order valence-corrected chi connectivity index (χ1v) is 18.6. The normalized spacial score (nSPS) is 21.6. The van der Waals surface area contributed by atoms with Crippen LogP contribution < -0.4 is 5.32 Å². The third kappa shape index (κ3) is 7.24. The third-order valence-electron chi connectivity index (χ3n) is 11.5. The Morgan fingerprint density at radius 3 is 2.41 bits per heavy atom. The molecule has 4 atom stereocenters. The van der Waals surface area contributed by atoms with Gasteiger partial charge in [-0.25, -0.2) is 13.8 Å². The molecule has 1 amide bonds. The molecule has 2 aromatic heterocycles. The fourth-order valence-electron chi connectivity index (χ4n) is 8.38. The van der Waals surface area contributed by atoms with Crippen molar-refractivity contribution in [1.82, 2.24) is 20.1 Å². The molecule has 7 rings (SSSR count). The van der Waals surface area contributed by atoms with Gasteiger partial charge in [0, 0.05) is 23.1 Å². The number of carbonyl (C=O) groups excluding carboxylic acids is 1. The summed E-state index contributed by atoms with van der Waals surface area (Å²) in [7, 11) is 0. The van der Waals surface area contributed by atoms with Crippen LogP contribution in [-0.4, -0.2) is 31.4 Å². The fraction of sp³-hybridized carbons (Fsp3) is 0.419. The maximum absolute atomic E-state index is 15.6. The maximum atomic E-state index is 15.6. The molecular formula is C43H41F7N4O2. The number of fused-ring (bicyclic) bond motifs is 4. The highest BCUT2D eigenvalue weighted by atomic mass is 19.4. The number of nitrogens with one attached hydrogen (secondary N) is 1. The fourth-order valence-corrected chi connectivity index (χ4v) is 8.38. The van der Waals surface area contributed by atoms with Gasteiger partial charge < -0.3 is 10.4 Å². The molecule has 1 fully saturated rings. The molecule has 2 N–H and O–H groups in total. The topological polar surface area (TPSA) is 80.0 Å². The quantitative estimate of drug-likeness (QED) is 0.138. The smallest absolute Gasteiger partial charge is 0.378 e. The number of pyridine rings is 1. The minimum atomic E-state index is -5.03. The number of hydrogen-bond acceptors (Lipinski definition) is 4. The first-order chi connectivity index (χ1) is 26.2. The van der Waals surface area contributed by atoms with Gasteiger partial charge in [-0.1, -0.05) is 38.5 Å². The Balaban J connectivity index is 1.35. The van der Waals surface area contributed by atoms with Crippen LogP contribution in [0, 0.1) is 29.4 Å². The second-order valence-electron chi connectivity index (χ2n) is 16.0. The molecule has 2 aromatic carbocycles. The van der Waals surface area contributed by atoms with Crippen LogP contribution in [0.1, 0.15) is 117 Å². The number of aliphatic hydroxyl groups is 1. The number of alkyl halides is 5. The molecule has 3 aliphatic carbocycles.